The molecule has 0 spiro atoms. The third kappa shape index (κ3) is 3.39. The summed E-state index contributed by atoms with van der Waals surface area (Å²) < 4.78 is 30.3. The molecular weight excluding hydrogens is 215 g/mol. The molecule has 1 aromatic carbocycles. The molecule has 14 heavy (non-hydrogen) atoms. The van der Waals surface area contributed by atoms with Gasteiger partial charge in [-0.15, -0.1) is 0 Å². The fourth-order valence-electron chi connectivity index (χ4n) is 0.902. The maximum Gasteiger partial charge on any atom is 0.295 e. The molecule has 7 heteroatoms. The van der Waals surface area contributed by atoms with E-state index >= 15 is 0 Å². The van der Waals surface area contributed by atoms with Gasteiger partial charge in [0.15, 0.2) is 0 Å². The molecule has 0 aliphatic carbocycles. The van der Waals surface area contributed by atoms with Gasteiger partial charge in [0.1, 0.15) is 4.90 Å². The van der Waals surface area contributed by atoms with Gasteiger partial charge >= 0.3 is 0 Å². The van der Waals surface area contributed by atoms with Crippen LogP contribution in [0.1, 0.15) is 5.56 Å². The Labute approximate surface area is 104 Å². The van der Waals surface area contributed by atoms with Crippen LogP contribution in [-0.2, 0) is 10.1 Å². The molecule has 3 N–H and O–H groups in total. The van der Waals surface area contributed by atoms with Crippen molar-refractivity contribution in [3.05, 3.63) is 29.8 Å². The average molecular weight is 223 g/mol. The minimum atomic E-state index is -4.20. The van der Waals surface area contributed by atoms with Crippen LogP contribution in [0.4, 0.5) is 0 Å². The van der Waals surface area contributed by atoms with Crippen molar-refractivity contribution in [3.63, 3.8) is 0 Å². The first kappa shape index (κ1) is 13.6. The van der Waals surface area contributed by atoms with E-state index in [0.717, 1.165) is 6.21 Å². The summed E-state index contributed by atoms with van der Waals surface area (Å²) in [6, 6.07) is 5.87. The number of hydrogen-bond donors (Lipinski definition) is 2. The van der Waals surface area contributed by atoms with Gasteiger partial charge in [-0.25, -0.2) is 0 Å². The van der Waals surface area contributed by atoms with Crippen LogP contribution >= 0.6 is 0 Å². The summed E-state index contributed by atoms with van der Waals surface area (Å²) in [5.74, 6) is 4.87. The van der Waals surface area contributed by atoms with Crippen molar-refractivity contribution in [2.75, 3.05) is 0 Å². The largest absolute Gasteiger partial charge is 0.323 e. The van der Waals surface area contributed by atoms with Crippen molar-refractivity contribution in [2.24, 2.45) is 10.9 Å². The Hall–Kier alpha value is -0.400. The summed E-state index contributed by atoms with van der Waals surface area (Å²) in [6.45, 7) is 0. The van der Waals surface area contributed by atoms with Gasteiger partial charge in [0.2, 0.25) is 0 Å². The molecule has 0 heterocycles. The first-order valence-corrected chi connectivity index (χ1v) is 4.79. The number of hydrogen-bond acceptors (Lipinski definition) is 4. The molecule has 5 nitrogen and oxygen atoms in total. The summed E-state index contributed by atoms with van der Waals surface area (Å²) in [6.07, 6.45) is 1.16. The Balaban J connectivity index is 0.00000169. The third-order valence-electron chi connectivity index (χ3n) is 1.41. The van der Waals surface area contributed by atoms with E-state index in [1.165, 1.54) is 18.2 Å². The minimum Gasteiger partial charge on any atom is -0.323 e. The first-order chi connectivity index (χ1) is 6.05. The number of nitrogens with zero attached hydrogens (tertiary/aromatic N) is 1. The molecule has 0 amide bonds. The van der Waals surface area contributed by atoms with Crippen molar-refractivity contribution in [3.8, 4) is 0 Å². The van der Waals surface area contributed by atoms with E-state index in [0.29, 0.717) is 0 Å². The van der Waals surface area contributed by atoms with Crippen LogP contribution in [0.3, 0.4) is 0 Å². The van der Waals surface area contributed by atoms with Crippen molar-refractivity contribution < 1.29 is 13.0 Å². The predicted molar refractivity (Wildman–Crippen MR) is 53.8 cm³/mol. The van der Waals surface area contributed by atoms with Gasteiger partial charge < -0.3 is 5.84 Å². The fourth-order valence-corrected chi connectivity index (χ4v) is 1.57. The zero-order valence-corrected chi connectivity index (χ0v) is 10.4. The van der Waals surface area contributed by atoms with Gasteiger partial charge in [0, 0.05) is 35.1 Å². The van der Waals surface area contributed by atoms with E-state index in [1.54, 1.807) is 6.07 Å². The van der Waals surface area contributed by atoms with Crippen LogP contribution in [0.5, 0.6) is 0 Å². The topological polar surface area (TPSA) is 92.8 Å². The van der Waals surface area contributed by atoms with Crippen LogP contribution in [0.15, 0.2) is 34.3 Å². The third-order valence-corrected chi connectivity index (χ3v) is 2.34. The van der Waals surface area contributed by atoms with Crippen molar-refractivity contribution in [2.45, 2.75) is 4.90 Å². The van der Waals surface area contributed by atoms with E-state index in [2.05, 4.69) is 5.10 Å². The molecule has 71 valence electrons. The van der Waals surface area contributed by atoms with Gasteiger partial charge in [0.25, 0.3) is 10.1 Å². The fraction of sp³-hybridized carbons (Fsp3) is 0. The van der Waals surface area contributed by atoms with E-state index in [9.17, 15) is 8.42 Å². The summed E-state index contributed by atoms with van der Waals surface area (Å²) in [7, 11) is -4.20. The number of nitrogens with two attached hydrogens (primary N) is 1. The van der Waals surface area contributed by atoms with E-state index < -0.39 is 10.1 Å². The Morgan fingerprint density at radius 1 is 1.36 bits per heavy atom. The van der Waals surface area contributed by atoms with Crippen LogP contribution in [0.2, 0.25) is 0 Å². The van der Waals surface area contributed by atoms with Gasteiger partial charge in [-0.1, -0.05) is 18.2 Å². The number of hydrazone groups is 1. The quantitative estimate of drug-likeness (QED) is 0.239. The summed E-state index contributed by atoms with van der Waals surface area (Å²) in [5.41, 5.74) is 0.257. The maximum atomic E-state index is 10.8. The molecule has 1 aromatic rings. The first-order valence-electron chi connectivity index (χ1n) is 3.35. The van der Waals surface area contributed by atoms with Gasteiger partial charge in [-0.2, -0.15) is 13.5 Å². The number of benzene rings is 1. The van der Waals surface area contributed by atoms with Gasteiger partial charge in [0.05, 0.1) is 6.21 Å². The average Bonchev–Trinajstić information content (AvgIpc) is 2.04. The molecular formula is C7H8N2NaO3S. The summed E-state index contributed by atoms with van der Waals surface area (Å²) in [4.78, 5) is -0.204. The molecule has 0 aromatic heterocycles. The normalized spacial score (nSPS) is 11.2. The summed E-state index contributed by atoms with van der Waals surface area (Å²) in [5, 5.41) is 3.18. The van der Waals surface area contributed by atoms with Crippen LogP contribution in [-0.4, -0.2) is 48.7 Å². The molecule has 0 saturated heterocycles. The minimum absolute atomic E-state index is 0. The molecule has 0 saturated carbocycles. The number of rotatable bonds is 2. The Kier molecular flexibility index (Phi) is 5.32. The second-order valence-electron chi connectivity index (χ2n) is 2.29. The van der Waals surface area contributed by atoms with E-state index in [4.69, 9.17) is 10.4 Å². The van der Waals surface area contributed by atoms with E-state index in [1.807, 2.05) is 0 Å². The zero-order valence-electron chi connectivity index (χ0n) is 7.58. The molecule has 0 aliphatic rings. The molecule has 0 atom stereocenters. The Morgan fingerprint density at radius 2 is 1.93 bits per heavy atom. The Morgan fingerprint density at radius 3 is 2.43 bits per heavy atom. The Bertz CT molecular complexity index is 430. The standard InChI is InChI=1S/C7H8N2O3S.Na/c8-9-5-6-3-1-2-4-7(6)13(10,11)12;/h1-5H,8H2,(H,10,11,12);. The van der Waals surface area contributed by atoms with Gasteiger partial charge in [-0.3, -0.25) is 4.55 Å². The second kappa shape index (κ2) is 5.47. The maximum absolute atomic E-state index is 10.8. The smallest absolute Gasteiger partial charge is 0.295 e. The predicted octanol–water partition coefficient (Wildman–Crippen LogP) is -0.155. The molecule has 0 aliphatic heterocycles. The van der Waals surface area contributed by atoms with Gasteiger partial charge in [-0.05, 0) is 6.07 Å². The molecule has 0 unspecified atom stereocenters. The van der Waals surface area contributed by atoms with Crippen LogP contribution in [0, 0.1) is 0 Å². The van der Waals surface area contributed by atoms with Crippen LogP contribution < -0.4 is 5.84 Å². The monoisotopic (exact) mass is 223 g/mol. The molecule has 1 rings (SSSR count). The molecule has 0 bridgehead atoms. The molecule has 1 radical (unpaired) electrons. The van der Waals surface area contributed by atoms with Crippen molar-refractivity contribution >= 4 is 45.9 Å². The second-order valence-corrected chi connectivity index (χ2v) is 3.68. The van der Waals surface area contributed by atoms with E-state index in [-0.39, 0.29) is 40.0 Å². The SMILES string of the molecule is NN=Cc1ccccc1S(=O)(=O)O.[Na]. The van der Waals surface area contributed by atoms with Crippen molar-refractivity contribution in [1.29, 1.82) is 0 Å². The summed E-state index contributed by atoms with van der Waals surface area (Å²) >= 11 is 0. The molecule has 0 fully saturated rings. The van der Waals surface area contributed by atoms with Crippen LogP contribution in [0.25, 0.3) is 0 Å². The zero-order chi connectivity index (χ0) is 9.90. The van der Waals surface area contributed by atoms with Crippen molar-refractivity contribution in [1.82, 2.24) is 0 Å².